The molecule has 4 rings (SSSR count). The maximum atomic E-state index is 13.1. The number of hydrogen-bond acceptors (Lipinski definition) is 5. The number of amides is 1. The third kappa shape index (κ3) is 3.91. The second kappa shape index (κ2) is 8.42. The van der Waals surface area contributed by atoms with E-state index in [-0.39, 0.29) is 24.3 Å². The maximum absolute atomic E-state index is 13.1. The first-order valence-electron chi connectivity index (χ1n) is 10.6. The summed E-state index contributed by atoms with van der Waals surface area (Å²) in [5.74, 6) is -0.0647. The Labute approximate surface area is 172 Å². The molecule has 158 valence electrons. The third-order valence-electron chi connectivity index (χ3n) is 6.42. The fraction of sp³-hybridized carbons (Fsp3) is 0.636. The minimum atomic E-state index is -0.199. The molecular formula is C22H32N4O3. The summed E-state index contributed by atoms with van der Waals surface area (Å²) in [6, 6.07) is 9.29. The molecule has 2 fully saturated rings. The highest BCUT2D eigenvalue weighted by Gasteiger charge is 2.42. The average Bonchev–Trinajstić information content (AvgIpc) is 3.21. The lowest BCUT2D eigenvalue weighted by Gasteiger charge is -2.40. The number of nitrogens with zero attached hydrogens (tertiary/aromatic N) is 3. The van der Waals surface area contributed by atoms with Crippen LogP contribution >= 0.6 is 0 Å². The molecule has 7 heteroatoms. The highest BCUT2D eigenvalue weighted by atomic mass is 16.7. The zero-order chi connectivity index (χ0) is 20.5. The first-order chi connectivity index (χ1) is 14.0. The Morgan fingerprint density at radius 2 is 1.83 bits per heavy atom. The van der Waals surface area contributed by atoms with Gasteiger partial charge in [-0.15, -0.1) is 0 Å². The Morgan fingerprint density at radius 3 is 2.45 bits per heavy atom. The zero-order valence-corrected chi connectivity index (χ0v) is 17.8. The van der Waals surface area contributed by atoms with Gasteiger partial charge < -0.3 is 14.8 Å². The second-order valence-corrected chi connectivity index (χ2v) is 8.53. The molecule has 1 aromatic heterocycles. The molecule has 2 bridgehead atoms. The average molecular weight is 401 g/mol. The molecule has 0 saturated carbocycles. The van der Waals surface area contributed by atoms with Crippen molar-refractivity contribution >= 4 is 16.8 Å². The summed E-state index contributed by atoms with van der Waals surface area (Å²) in [7, 11) is 3.37. The van der Waals surface area contributed by atoms with Crippen LogP contribution in [0.2, 0.25) is 0 Å². The van der Waals surface area contributed by atoms with Crippen molar-refractivity contribution in [3.63, 3.8) is 0 Å². The van der Waals surface area contributed by atoms with Crippen molar-refractivity contribution in [3.8, 4) is 0 Å². The van der Waals surface area contributed by atoms with Gasteiger partial charge in [0.15, 0.2) is 12.0 Å². The van der Waals surface area contributed by atoms with Gasteiger partial charge >= 0.3 is 0 Å². The third-order valence-corrected chi connectivity index (χ3v) is 6.42. The van der Waals surface area contributed by atoms with Crippen LogP contribution in [-0.4, -0.2) is 65.8 Å². The summed E-state index contributed by atoms with van der Waals surface area (Å²) in [4.78, 5) is 15.6. The number of carbonyl (C=O) groups is 1. The van der Waals surface area contributed by atoms with E-state index in [1.807, 2.05) is 28.9 Å². The van der Waals surface area contributed by atoms with E-state index in [1.165, 1.54) is 12.8 Å². The summed E-state index contributed by atoms with van der Waals surface area (Å²) in [5.41, 5.74) is 1.54. The molecule has 3 atom stereocenters. The number of carbonyl (C=O) groups excluding carboxylic acids is 1. The molecule has 3 heterocycles. The van der Waals surface area contributed by atoms with Crippen LogP contribution in [0.1, 0.15) is 56.1 Å². The standard InChI is InChI=1S/C22H32N4O3/c1-14(2)26-19-8-6-5-7-18(19)21(24-26)22(27)23-15-11-16-9-10-17(12-15)25(16)13-20(28-3)29-4/h5-8,14-17,20H,9-13H2,1-4H3,(H,23,27)/t15-,16-,17+. The highest BCUT2D eigenvalue weighted by molar-refractivity contribution is 6.05. The van der Waals surface area contributed by atoms with E-state index in [2.05, 4.69) is 29.2 Å². The number of ether oxygens (including phenoxy) is 2. The van der Waals surface area contributed by atoms with Gasteiger partial charge in [0, 0.05) is 43.8 Å². The minimum Gasteiger partial charge on any atom is -0.355 e. The topological polar surface area (TPSA) is 68.6 Å². The van der Waals surface area contributed by atoms with Crippen molar-refractivity contribution in [2.45, 2.75) is 70.0 Å². The van der Waals surface area contributed by atoms with Crippen molar-refractivity contribution < 1.29 is 14.3 Å². The van der Waals surface area contributed by atoms with Crippen LogP contribution in [0.15, 0.2) is 24.3 Å². The molecule has 0 aliphatic carbocycles. The molecule has 2 saturated heterocycles. The first kappa shape index (κ1) is 20.3. The number of para-hydroxylation sites is 1. The lowest BCUT2D eigenvalue weighted by Crippen LogP contribution is -2.52. The molecule has 1 aromatic carbocycles. The molecule has 1 N–H and O–H groups in total. The van der Waals surface area contributed by atoms with E-state index in [4.69, 9.17) is 9.47 Å². The van der Waals surface area contributed by atoms with Crippen LogP contribution in [0.3, 0.4) is 0 Å². The van der Waals surface area contributed by atoms with Crippen LogP contribution in [0.4, 0.5) is 0 Å². The van der Waals surface area contributed by atoms with Gasteiger partial charge in [-0.1, -0.05) is 18.2 Å². The summed E-state index contributed by atoms with van der Waals surface area (Å²) in [6.45, 7) is 4.95. The zero-order valence-electron chi connectivity index (χ0n) is 17.8. The van der Waals surface area contributed by atoms with Crippen LogP contribution in [-0.2, 0) is 9.47 Å². The molecule has 1 amide bonds. The van der Waals surface area contributed by atoms with E-state index in [0.29, 0.717) is 17.8 Å². The number of nitrogens with one attached hydrogen (secondary N) is 1. The smallest absolute Gasteiger partial charge is 0.272 e. The monoisotopic (exact) mass is 400 g/mol. The second-order valence-electron chi connectivity index (χ2n) is 8.53. The quantitative estimate of drug-likeness (QED) is 0.724. The van der Waals surface area contributed by atoms with Gasteiger partial charge in [0.2, 0.25) is 0 Å². The van der Waals surface area contributed by atoms with Gasteiger partial charge in [-0.05, 0) is 45.6 Å². The van der Waals surface area contributed by atoms with Crippen molar-refractivity contribution in [2.75, 3.05) is 20.8 Å². The number of aromatic nitrogens is 2. The normalized spacial score (nSPS) is 24.7. The van der Waals surface area contributed by atoms with Gasteiger partial charge in [-0.25, -0.2) is 0 Å². The number of methoxy groups -OCH3 is 2. The largest absolute Gasteiger partial charge is 0.355 e. The van der Waals surface area contributed by atoms with Crippen molar-refractivity contribution in [3.05, 3.63) is 30.0 Å². The summed E-state index contributed by atoms with van der Waals surface area (Å²) < 4.78 is 12.7. The molecule has 7 nitrogen and oxygen atoms in total. The van der Waals surface area contributed by atoms with E-state index in [0.717, 1.165) is 30.3 Å². The summed E-state index contributed by atoms with van der Waals surface area (Å²) in [5, 5.41) is 8.84. The highest BCUT2D eigenvalue weighted by Crippen LogP contribution is 2.36. The molecule has 0 radical (unpaired) electrons. The van der Waals surface area contributed by atoms with E-state index >= 15 is 0 Å². The number of benzene rings is 1. The van der Waals surface area contributed by atoms with Gasteiger partial charge in [-0.3, -0.25) is 14.4 Å². The molecule has 0 spiro atoms. The predicted molar refractivity (Wildman–Crippen MR) is 112 cm³/mol. The Hall–Kier alpha value is -1.96. The molecule has 2 aliphatic heterocycles. The minimum absolute atomic E-state index is 0.0647. The van der Waals surface area contributed by atoms with Crippen molar-refractivity contribution in [2.24, 2.45) is 0 Å². The van der Waals surface area contributed by atoms with E-state index in [1.54, 1.807) is 14.2 Å². The Balaban J connectivity index is 1.46. The summed E-state index contributed by atoms with van der Waals surface area (Å²) in [6.07, 6.45) is 4.07. The molecule has 2 aliphatic rings. The number of fused-ring (bicyclic) bond motifs is 3. The molecular weight excluding hydrogens is 368 g/mol. The molecule has 29 heavy (non-hydrogen) atoms. The SMILES string of the molecule is COC(CN1[C@@H]2CC[C@H]1C[C@H](NC(=O)c1nn(C(C)C)c3ccccc13)C2)OC. The predicted octanol–water partition coefficient (Wildman–Crippen LogP) is 2.96. The Kier molecular flexibility index (Phi) is 5.90. The van der Waals surface area contributed by atoms with Gasteiger partial charge in [0.1, 0.15) is 0 Å². The Morgan fingerprint density at radius 1 is 1.17 bits per heavy atom. The molecule has 0 unspecified atom stereocenters. The fourth-order valence-electron chi connectivity index (χ4n) is 5.01. The van der Waals surface area contributed by atoms with E-state index in [9.17, 15) is 4.79 Å². The van der Waals surface area contributed by atoms with Gasteiger partial charge in [0.05, 0.1) is 12.1 Å². The Bertz CT molecular complexity index is 847. The fourth-order valence-corrected chi connectivity index (χ4v) is 5.01. The lowest BCUT2D eigenvalue weighted by atomic mass is 9.97. The summed E-state index contributed by atoms with van der Waals surface area (Å²) >= 11 is 0. The molecule has 2 aromatic rings. The van der Waals surface area contributed by atoms with E-state index < -0.39 is 0 Å². The van der Waals surface area contributed by atoms with Crippen LogP contribution in [0.5, 0.6) is 0 Å². The van der Waals surface area contributed by atoms with Crippen molar-refractivity contribution in [1.29, 1.82) is 0 Å². The lowest BCUT2D eigenvalue weighted by molar-refractivity contribution is -0.125. The van der Waals surface area contributed by atoms with Gasteiger partial charge in [-0.2, -0.15) is 5.10 Å². The van der Waals surface area contributed by atoms with Crippen molar-refractivity contribution in [1.82, 2.24) is 20.0 Å². The van der Waals surface area contributed by atoms with Gasteiger partial charge in [0.25, 0.3) is 5.91 Å². The van der Waals surface area contributed by atoms with Crippen LogP contribution in [0, 0.1) is 0 Å². The number of hydrogen-bond donors (Lipinski definition) is 1. The maximum Gasteiger partial charge on any atom is 0.272 e. The van der Waals surface area contributed by atoms with Crippen LogP contribution < -0.4 is 5.32 Å². The number of piperidine rings is 1. The number of rotatable bonds is 7. The first-order valence-corrected chi connectivity index (χ1v) is 10.6. The van der Waals surface area contributed by atoms with Crippen LogP contribution in [0.25, 0.3) is 10.9 Å².